The molecule has 1 N–H and O–H groups in total. The van der Waals surface area contributed by atoms with E-state index in [9.17, 15) is 9.18 Å². The Labute approximate surface area is 117 Å². The minimum atomic E-state index is -0.341. The van der Waals surface area contributed by atoms with Gasteiger partial charge in [-0.3, -0.25) is 9.55 Å². The zero-order chi connectivity index (χ0) is 14.3. The highest BCUT2D eigenvalue weighted by Gasteiger charge is 2.08. The van der Waals surface area contributed by atoms with Crippen molar-refractivity contribution in [1.29, 1.82) is 0 Å². The molecule has 0 aliphatic carbocycles. The molecule has 5 nitrogen and oxygen atoms in total. The lowest BCUT2D eigenvalue weighted by atomic mass is 10.1. The van der Waals surface area contributed by atoms with Crippen LogP contribution in [0.15, 0.2) is 35.3 Å². The van der Waals surface area contributed by atoms with Crippen molar-refractivity contribution < 1.29 is 4.39 Å². The van der Waals surface area contributed by atoms with E-state index in [1.54, 1.807) is 19.2 Å². The molecule has 2 heterocycles. The minimum Gasteiger partial charge on any atom is -0.296 e. The van der Waals surface area contributed by atoms with Crippen LogP contribution >= 0.6 is 12.2 Å². The maximum atomic E-state index is 12.9. The number of aromatic amines is 1. The van der Waals surface area contributed by atoms with Gasteiger partial charge in [0, 0.05) is 12.6 Å². The first-order valence-electron chi connectivity index (χ1n) is 5.78. The predicted octanol–water partition coefficient (Wildman–Crippen LogP) is 2.19. The van der Waals surface area contributed by atoms with Gasteiger partial charge < -0.3 is 0 Å². The molecule has 1 aromatic carbocycles. The van der Waals surface area contributed by atoms with E-state index in [0.717, 1.165) is 5.56 Å². The van der Waals surface area contributed by atoms with Gasteiger partial charge >= 0.3 is 5.69 Å². The van der Waals surface area contributed by atoms with Crippen molar-refractivity contribution in [2.45, 2.75) is 0 Å². The fourth-order valence-electron chi connectivity index (χ4n) is 1.88. The Bertz CT molecular complexity index is 914. The first kappa shape index (κ1) is 12.6. The Balaban J connectivity index is 2.28. The second-order valence-electron chi connectivity index (χ2n) is 4.25. The molecule has 0 aliphatic heterocycles. The van der Waals surface area contributed by atoms with Crippen molar-refractivity contribution in [2.75, 3.05) is 0 Å². The second-order valence-corrected chi connectivity index (χ2v) is 4.66. The molecule has 0 atom stereocenters. The van der Waals surface area contributed by atoms with Crippen molar-refractivity contribution in [1.82, 2.24) is 19.5 Å². The molecule has 0 unspecified atom stereocenters. The first-order chi connectivity index (χ1) is 9.56. The Kier molecular flexibility index (Phi) is 2.90. The summed E-state index contributed by atoms with van der Waals surface area (Å²) >= 11 is 5.10. The fraction of sp³-hybridized carbons (Fsp3) is 0.0769. The van der Waals surface area contributed by atoms with E-state index in [2.05, 4.69) is 15.0 Å². The topological polar surface area (TPSA) is 63.6 Å². The maximum absolute atomic E-state index is 12.9. The van der Waals surface area contributed by atoms with Gasteiger partial charge in [-0.25, -0.2) is 19.2 Å². The van der Waals surface area contributed by atoms with Crippen LogP contribution in [0.1, 0.15) is 0 Å². The Hall–Kier alpha value is -2.41. The number of fused-ring (bicyclic) bond motifs is 1. The molecule has 7 heteroatoms. The molecule has 0 fully saturated rings. The molecule has 100 valence electrons. The zero-order valence-electron chi connectivity index (χ0n) is 10.4. The van der Waals surface area contributed by atoms with Gasteiger partial charge in [0.2, 0.25) is 0 Å². The summed E-state index contributed by atoms with van der Waals surface area (Å²) in [6.07, 6.45) is 1.53. The van der Waals surface area contributed by atoms with Crippen LogP contribution < -0.4 is 5.69 Å². The first-order valence-corrected chi connectivity index (χ1v) is 6.19. The minimum absolute atomic E-state index is 0.236. The Morgan fingerprint density at radius 1 is 1.30 bits per heavy atom. The van der Waals surface area contributed by atoms with Crippen molar-refractivity contribution in [3.8, 4) is 11.3 Å². The van der Waals surface area contributed by atoms with Crippen molar-refractivity contribution in [3.05, 3.63) is 51.4 Å². The van der Waals surface area contributed by atoms with Gasteiger partial charge in [-0.05, 0) is 24.3 Å². The summed E-state index contributed by atoms with van der Waals surface area (Å²) in [7, 11) is 1.59. The average molecular weight is 288 g/mol. The van der Waals surface area contributed by atoms with Crippen LogP contribution in [-0.2, 0) is 7.05 Å². The number of halogens is 1. The van der Waals surface area contributed by atoms with Crippen LogP contribution in [0.2, 0.25) is 0 Å². The van der Waals surface area contributed by atoms with Gasteiger partial charge in [0.05, 0.1) is 11.9 Å². The molecule has 2 aromatic heterocycles. The van der Waals surface area contributed by atoms with Crippen LogP contribution in [-0.4, -0.2) is 19.5 Å². The lowest BCUT2D eigenvalue weighted by Gasteiger charge is -2.05. The van der Waals surface area contributed by atoms with E-state index in [-0.39, 0.29) is 16.1 Å². The summed E-state index contributed by atoms with van der Waals surface area (Å²) < 4.78 is 14.5. The average Bonchev–Trinajstić information content (AvgIpc) is 2.45. The van der Waals surface area contributed by atoms with Crippen LogP contribution in [0.3, 0.4) is 0 Å². The highest BCUT2D eigenvalue weighted by atomic mass is 32.1. The molecule has 20 heavy (non-hydrogen) atoms. The Morgan fingerprint density at radius 3 is 2.70 bits per heavy atom. The highest BCUT2D eigenvalue weighted by Crippen LogP contribution is 2.18. The van der Waals surface area contributed by atoms with Crippen LogP contribution in [0.4, 0.5) is 4.39 Å². The molecule has 0 bridgehead atoms. The van der Waals surface area contributed by atoms with E-state index in [0.29, 0.717) is 16.9 Å². The number of hydrogen-bond donors (Lipinski definition) is 1. The highest BCUT2D eigenvalue weighted by molar-refractivity contribution is 7.71. The van der Waals surface area contributed by atoms with Gasteiger partial charge in [0.15, 0.2) is 5.65 Å². The number of benzene rings is 1. The molecule has 0 saturated carbocycles. The van der Waals surface area contributed by atoms with Crippen LogP contribution in [0.25, 0.3) is 22.4 Å². The third-order valence-electron chi connectivity index (χ3n) is 2.95. The molecule has 0 radical (unpaired) electrons. The quantitative estimate of drug-likeness (QED) is 0.697. The number of aromatic nitrogens is 4. The van der Waals surface area contributed by atoms with Crippen molar-refractivity contribution in [2.24, 2.45) is 7.05 Å². The number of nitrogens with zero attached hydrogens (tertiary/aromatic N) is 3. The van der Waals surface area contributed by atoms with Crippen molar-refractivity contribution in [3.63, 3.8) is 0 Å². The van der Waals surface area contributed by atoms with Gasteiger partial charge in [-0.2, -0.15) is 0 Å². The second kappa shape index (κ2) is 4.61. The van der Waals surface area contributed by atoms with Gasteiger partial charge in [-0.1, -0.05) is 12.2 Å². The standard InChI is InChI=1S/C13H9FN4OS/c1-18-11-10(12(20)17-13(18)19)16-9(6-15-11)7-2-4-8(14)5-3-7/h2-6H,1H3,(H,17,19,20). The van der Waals surface area contributed by atoms with E-state index in [1.807, 2.05) is 0 Å². The molecule has 3 aromatic rings. The van der Waals surface area contributed by atoms with E-state index in [1.165, 1.54) is 22.9 Å². The van der Waals surface area contributed by atoms with Gasteiger partial charge in [-0.15, -0.1) is 0 Å². The lowest BCUT2D eigenvalue weighted by Crippen LogP contribution is -2.21. The third kappa shape index (κ3) is 2.01. The monoisotopic (exact) mass is 288 g/mol. The molecular weight excluding hydrogens is 279 g/mol. The van der Waals surface area contributed by atoms with E-state index >= 15 is 0 Å². The molecule has 0 amide bonds. The summed E-state index contributed by atoms with van der Waals surface area (Å²) in [5, 5.41) is 0. The molecule has 0 spiro atoms. The predicted molar refractivity (Wildman–Crippen MR) is 75.4 cm³/mol. The van der Waals surface area contributed by atoms with E-state index in [4.69, 9.17) is 12.2 Å². The number of nitrogens with one attached hydrogen (secondary N) is 1. The number of rotatable bonds is 1. The summed E-state index contributed by atoms with van der Waals surface area (Å²) in [5.74, 6) is -0.317. The fourth-order valence-corrected chi connectivity index (χ4v) is 2.10. The molecular formula is C13H9FN4OS. The summed E-state index contributed by atoms with van der Waals surface area (Å²) in [6, 6.07) is 5.92. The number of H-pyrrole nitrogens is 1. The molecule has 3 rings (SSSR count). The number of hydrogen-bond acceptors (Lipinski definition) is 4. The normalized spacial score (nSPS) is 10.9. The molecule has 0 saturated heterocycles. The molecule has 0 aliphatic rings. The van der Waals surface area contributed by atoms with Crippen molar-refractivity contribution >= 4 is 23.4 Å². The number of aryl methyl sites for hydroxylation is 1. The largest absolute Gasteiger partial charge is 0.327 e. The lowest BCUT2D eigenvalue weighted by molar-refractivity contribution is 0.628. The summed E-state index contributed by atoms with van der Waals surface area (Å²) in [4.78, 5) is 22.7. The SMILES string of the molecule is Cn1c(=O)[nH]c(=S)c2nc(-c3ccc(F)cc3)cnc21. The van der Waals surface area contributed by atoms with E-state index < -0.39 is 0 Å². The Morgan fingerprint density at radius 2 is 2.00 bits per heavy atom. The van der Waals surface area contributed by atoms with Crippen LogP contribution in [0.5, 0.6) is 0 Å². The summed E-state index contributed by atoms with van der Waals surface area (Å²) in [5.41, 5.74) is 1.79. The zero-order valence-corrected chi connectivity index (χ0v) is 11.2. The van der Waals surface area contributed by atoms with Gasteiger partial charge in [0.25, 0.3) is 0 Å². The maximum Gasteiger partial charge on any atom is 0.327 e. The van der Waals surface area contributed by atoms with Crippen LogP contribution in [0, 0.1) is 10.5 Å². The smallest absolute Gasteiger partial charge is 0.296 e. The third-order valence-corrected chi connectivity index (χ3v) is 3.25. The van der Waals surface area contributed by atoms with Gasteiger partial charge in [0.1, 0.15) is 16.0 Å². The summed E-state index contributed by atoms with van der Waals surface area (Å²) in [6.45, 7) is 0.